The number of nitrogens with one attached hydrogen (secondary N) is 2. The maximum absolute atomic E-state index is 12.2. The van der Waals surface area contributed by atoms with E-state index in [-0.39, 0.29) is 12.0 Å². The van der Waals surface area contributed by atoms with Gasteiger partial charge in [0.25, 0.3) is 5.91 Å². The van der Waals surface area contributed by atoms with E-state index in [1.165, 1.54) is 0 Å². The zero-order valence-corrected chi connectivity index (χ0v) is 12.2. The standard InChI is InChI=1S/C16H21N3O2/c1-2-15-10(5-6-21-15)9-18-16(20)14-8-11-7-12(17)3-4-13(11)19-14/h3-4,7-8,10,15,19H,2,5-6,9,17H2,1H3,(H,18,20). The first-order valence-electron chi connectivity index (χ1n) is 7.45. The van der Waals surface area contributed by atoms with Gasteiger partial charge in [0.05, 0.1) is 6.10 Å². The van der Waals surface area contributed by atoms with Gasteiger partial charge in [0.15, 0.2) is 0 Å². The quantitative estimate of drug-likeness (QED) is 0.755. The molecule has 2 aromatic rings. The van der Waals surface area contributed by atoms with Crippen LogP contribution in [0.3, 0.4) is 0 Å². The lowest BCUT2D eigenvalue weighted by molar-refractivity contribution is 0.0825. The third-order valence-corrected chi connectivity index (χ3v) is 4.16. The predicted octanol–water partition coefficient (Wildman–Crippen LogP) is 2.29. The number of fused-ring (bicyclic) bond motifs is 1. The summed E-state index contributed by atoms with van der Waals surface area (Å²) in [4.78, 5) is 15.4. The second kappa shape index (κ2) is 5.77. The van der Waals surface area contributed by atoms with Crippen LogP contribution in [0.4, 0.5) is 5.69 Å². The summed E-state index contributed by atoms with van der Waals surface area (Å²) < 4.78 is 5.64. The minimum absolute atomic E-state index is 0.0773. The van der Waals surface area contributed by atoms with Crippen molar-refractivity contribution in [2.45, 2.75) is 25.9 Å². The zero-order chi connectivity index (χ0) is 14.8. The number of hydrogen-bond acceptors (Lipinski definition) is 3. The molecule has 21 heavy (non-hydrogen) atoms. The summed E-state index contributed by atoms with van der Waals surface area (Å²) in [5.74, 6) is 0.338. The van der Waals surface area contributed by atoms with E-state index in [1.807, 2.05) is 24.3 Å². The fourth-order valence-corrected chi connectivity index (χ4v) is 2.97. The van der Waals surface area contributed by atoms with Crippen LogP contribution in [0.15, 0.2) is 24.3 Å². The smallest absolute Gasteiger partial charge is 0.267 e. The van der Waals surface area contributed by atoms with Gasteiger partial charge in [0.1, 0.15) is 5.69 Å². The molecule has 2 heterocycles. The van der Waals surface area contributed by atoms with Gasteiger partial charge in [-0.3, -0.25) is 4.79 Å². The summed E-state index contributed by atoms with van der Waals surface area (Å²) in [6, 6.07) is 7.41. The lowest BCUT2D eigenvalue weighted by Crippen LogP contribution is -2.32. The van der Waals surface area contributed by atoms with Crippen LogP contribution < -0.4 is 11.1 Å². The molecule has 0 aliphatic carbocycles. The van der Waals surface area contributed by atoms with E-state index >= 15 is 0 Å². The molecule has 1 aliphatic heterocycles. The number of aromatic amines is 1. The highest BCUT2D eigenvalue weighted by Crippen LogP contribution is 2.23. The number of anilines is 1. The number of rotatable bonds is 4. The average Bonchev–Trinajstić information content (AvgIpc) is 3.10. The molecule has 0 radical (unpaired) electrons. The van der Waals surface area contributed by atoms with Crippen molar-refractivity contribution in [2.75, 3.05) is 18.9 Å². The molecule has 112 valence electrons. The zero-order valence-electron chi connectivity index (χ0n) is 12.2. The molecule has 1 aliphatic rings. The highest BCUT2D eigenvalue weighted by atomic mass is 16.5. The molecule has 1 aromatic heterocycles. The van der Waals surface area contributed by atoms with Crippen LogP contribution in [0.1, 0.15) is 30.3 Å². The summed E-state index contributed by atoms with van der Waals surface area (Å²) in [7, 11) is 0. The molecule has 0 saturated carbocycles. The molecule has 2 atom stereocenters. The first-order valence-corrected chi connectivity index (χ1v) is 7.45. The van der Waals surface area contributed by atoms with E-state index in [4.69, 9.17) is 10.5 Å². The van der Waals surface area contributed by atoms with Gasteiger partial charge in [0, 0.05) is 35.7 Å². The van der Waals surface area contributed by atoms with E-state index in [2.05, 4.69) is 17.2 Å². The number of nitrogen functional groups attached to an aromatic ring is 1. The van der Waals surface area contributed by atoms with Crippen LogP contribution in [0.25, 0.3) is 10.9 Å². The summed E-state index contributed by atoms with van der Waals surface area (Å²) in [5, 5.41) is 3.95. The summed E-state index contributed by atoms with van der Waals surface area (Å²) in [6.45, 7) is 3.58. The van der Waals surface area contributed by atoms with Crippen LogP contribution >= 0.6 is 0 Å². The first kappa shape index (κ1) is 13.9. The third-order valence-electron chi connectivity index (χ3n) is 4.16. The van der Waals surface area contributed by atoms with Crippen molar-refractivity contribution in [2.24, 2.45) is 5.92 Å². The Morgan fingerprint density at radius 2 is 2.33 bits per heavy atom. The summed E-state index contributed by atoms with van der Waals surface area (Å²) >= 11 is 0. The highest BCUT2D eigenvalue weighted by molar-refractivity contribution is 5.98. The van der Waals surface area contributed by atoms with Gasteiger partial charge < -0.3 is 20.8 Å². The Morgan fingerprint density at radius 1 is 1.48 bits per heavy atom. The van der Waals surface area contributed by atoms with Crippen LogP contribution in [0.2, 0.25) is 0 Å². The van der Waals surface area contributed by atoms with Crippen molar-refractivity contribution in [1.29, 1.82) is 0 Å². The van der Waals surface area contributed by atoms with Gasteiger partial charge in [-0.1, -0.05) is 6.92 Å². The normalized spacial score (nSPS) is 21.8. The lowest BCUT2D eigenvalue weighted by Gasteiger charge is -2.16. The average molecular weight is 287 g/mol. The molecule has 1 amide bonds. The van der Waals surface area contributed by atoms with Gasteiger partial charge in [-0.15, -0.1) is 0 Å². The minimum Gasteiger partial charge on any atom is -0.399 e. The number of H-pyrrole nitrogens is 1. The number of benzene rings is 1. The molecule has 1 fully saturated rings. The third kappa shape index (κ3) is 2.88. The Balaban J connectivity index is 1.66. The Hall–Kier alpha value is -2.01. The number of carbonyl (C=O) groups excluding carboxylic acids is 1. The number of aromatic nitrogens is 1. The van der Waals surface area contributed by atoms with E-state index in [9.17, 15) is 4.79 Å². The molecule has 2 unspecified atom stereocenters. The summed E-state index contributed by atoms with van der Waals surface area (Å²) in [5.41, 5.74) is 7.94. The maximum atomic E-state index is 12.2. The van der Waals surface area contributed by atoms with Crippen LogP contribution in [0, 0.1) is 5.92 Å². The van der Waals surface area contributed by atoms with Crippen molar-refractivity contribution < 1.29 is 9.53 Å². The van der Waals surface area contributed by atoms with E-state index < -0.39 is 0 Å². The largest absolute Gasteiger partial charge is 0.399 e. The number of hydrogen-bond donors (Lipinski definition) is 3. The molecule has 0 spiro atoms. The van der Waals surface area contributed by atoms with Gasteiger partial charge in [-0.05, 0) is 37.1 Å². The fourth-order valence-electron chi connectivity index (χ4n) is 2.97. The second-order valence-corrected chi connectivity index (χ2v) is 5.61. The Bertz CT molecular complexity index is 650. The van der Waals surface area contributed by atoms with E-state index in [1.54, 1.807) is 0 Å². The van der Waals surface area contributed by atoms with E-state index in [0.717, 1.165) is 30.4 Å². The Labute approximate surface area is 123 Å². The first-order chi connectivity index (χ1) is 10.2. The maximum Gasteiger partial charge on any atom is 0.267 e. The Morgan fingerprint density at radius 3 is 3.14 bits per heavy atom. The topological polar surface area (TPSA) is 80.1 Å². The Kier molecular flexibility index (Phi) is 3.84. The minimum atomic E-state index is -0.0773. The molecule has 0 bridgehead atoms. The number of ether oxygens (including phenoxy) is 1. The van der Waals surface area contributed by atoms with Gasteiger partial charge >= 0.3 is 0 Å². The molecule has 4 N–H and O–H groups in total. The second-order valence-electron chi connectivity index (χ2n) is 5.61. The van der Waals surface area contributed by atoms with Crippen molar-refractivity contribution in [1.82, 2.24) is 10.3 Å². The number of nitrogens with two attached hydrogens (primary N) is 1. The monoisotopic (exact) mass is 287 g/mol. The van der Waals surface area contributed by atoms with Gasteiger partial charge in [0.2, 0.25) is 0 Å². The van der Waals surface area contributed by atoms with Crippen molar-refractivity contribution in [3.8, 4) is 0 Å². The molecule has 1 aromatic carbocycles. The molecule has 5 nitrogen and oxygen atoms in total. The molecule has 3 rings (SSSR count). The van der Waals surface area contributed by atoms with Crippen LogP contribution in [0.5, 0.6) is 0 Å². The number of amides is 1. The van der Waals surface area contributed by atoms with Crippen molar-refractivity contribution in [3.63, 3.8) is 0 Å². The summed E-state index contributed by atoms with van der Waals surface area (Å²) in [6.07, 6.45) is 2.28. The molecule has 5 heteroatoms. The SMILES string of the molecule is CCC1OCCC1CNC(=O)c1cc2cc(N)ccc2[nH]1. The van der Waals surface area contributed by atoms with Crippen LogP contribution in [-0.4, -0.2) is 30.1 Å². The van der Waals surface area contributed by atoms with E-state index in [0.29, 0.717) is 23.8 Å². The van der Waals surface area contributed by atoms with Crippen molar-refractivity contribution in [3.05, 3.63) is 30.0 Å². The molecular formula is C16H21N3O2. The molecular weight excluding hydrogens is 266 g/mol. The number of carbonyl (C=O) groups is 1. The highest BCUT2D eigenvalue weighted by Gasteiger charge is 2.27. The van der Waals surface area contributed by atoms with Gasteiger partial charge in [-0.25, -0.2) is 0 Å². The fraction of sp³-hybridized carbons (Fsp3) is 0.438. The molecule has 1 saturated heterocycles. The predicted molar refractivity (Wildman–Crippen MR) is 83.2 cm³/mol. The van der Waals surface area contributed by atoms with Crippen molar-refractivity contribution >= 4 is 22.5 Å². The van der Waals surface area contributed by atoms with Crippen LogP contribution in [-0.2, 0) is 4.74 Å². The van der Waals surface area contributed by atoms with Gasteiger partial charge in [-0.2, -0.15) is 0 Å². The lowest BCUT2D eigenvalue weighted by atomic mass is 10.00.